The van der Waals surface area contributed by atoms with Crippen molar-refractivity contribution >= 4 is 40.0 Å². The molecule has 0 radical (unpaired) electrons. The van der Waals surface area contributed by atoms with Gasteiger partial charge in [0.2, 0.25) is 5.91 Å². The molecule has 0 spiro atoms. The quantitative estimate of drug-likeness (QED) is 0.476. The van der Waals surface area contributed by atoms with E-state index in [0.29, 0.717) is 23.2 Å². The van der Waals surface area contributed by atoms with E-state index in [1.165, 1.54) is 23.1 Å². The lowest BCUT2D eigenvalue weighted by Gasteiger charge is -2.30. The Balaban J connectivity index is 1.73. The van der Waals surface area contributed by atoms with Crippen molar-refractivity contribution in [2.75, 3.05) is 31.3 Å². The number of anilines is 1. The van der Waals surface area contributed by atoms with E-state index in [-0.39, 0.29) is 17.6 Å². The number of thioether (sulfide) groups is 1. The third kappa shape index (κ3) is 5.36. The number of amides is 1. The van der Waals surface area contributed by atoms with Crippen molar-refractivity contribution in [3.63, 3.8) is 0 Å². The molecule has 30 heavy (non-hydrogen) atoms. The molecule has 1 amide bonds. The van der Waals surface area contributed by atoms with Gasteiger partial charge in [0.1, 0.15) is 10.8 Å². The molecule has 2 aromatic rings. The minimum atomic E-state index is -0.355. The number of nitrogens with zero attached hydrogens (tertiary/aromatic N) is 1. The SMILES string of the molecule is CCOC(=O)c1c(NC(=O)CSc2ccc(OC)cc2)sc2c1CCN(C(C)C)C2. The van der Waals surface area contributed by atoms with Gasteiger partial charge in [-0.05, 0) is 57.0 Å². The number of esters is 1. The van der Waals surface area contributed by atoms with Crippen LogP contribution in [0.5, 0.6) is 5.75 Å². The van der Waals surface area contributed by atoms with E-state index in [1.54, 1.807) is 14.0 Å². The van der Waals surface area contributed by atoms with Crippen LogP contribution >= 0.6 is 23.1 Å². The highest BCUT2D eigenvalue weighted by Gasteiger charge is 2.30. The number of hydrogen-bond donors (Lipinski definition) is 1. The van der Waals surface area contributed by atoms with Crippen LogP contribution in [0.25, 0.3) is 0 Å². The second-order valence-corrected chi connectivity index (χ2v) is 9.41. The molecule has 1 aromatic carbocycles. The zero-order valence-corrected chi connectivity index (χ0v) is 19.5. The molecular formula is C22H28N2O4S2. The number of carbonyl (C=O) groups is 2. The van der Waals surface area contributed by atoms with Gasteiger partial charge in [0.25, 0.3) is 0 Å². The second kappa shape index (κ2) is 10.3. The standard InChI is InChI=1S/C22H28N2O4S2/c1-5-28-22(26)20-17-10-11-24(14(2)3)12-18(17)30-21(20)23-19(25)13-29-16-8-6-15(27-4)7-9-16/h6-9,14H,5,10-13H2,1-4H3,(H,23,25). The summed E-state index contributed by atoms with van der Waals surface area (Å²) in [5, 5.41) is 3.56. The molecule has 0 saturated carbocycles. The Morgan fingerprint density at radius 3 is 2.63 bits per heavy atom. The van der Waals surface area contributed by atoms with Gasteiger partial charge in [-0.3, -0.25) is 9.69 Å². The Bertz CT molecular complexity index is 893. The van der Waals surface area contributed by atoms with Crippen molar-refractivity contribution in [2.45, 2.75) is 44.7 Å². The van der Waals surface area contributed by atoms with Gasteiger partial charge >= 0.3 is 5.97 Å². The van der Waals surface area contributed by atoms with Crippen LogP contribution < -0.4 is 10.1 Å². The van der Waals surface area contributed by atoms with Crippen LogP contribution in [0, 0.1) is 0 Å². The Kier molecular flexibility index (Phi) is 7.80. The van der Waals surface area contributed by atoms with E-state index >= 15 is 0 Å². The number of hydrogen-bond acceptors (Lipinski definition) is 7. The second-order valence-electron chi connectivity index (χ2n) is 7.25. The normalized spacial score (nSPS) is 13.8. The van der Waals surface area contributed by atoms with E-state index in [2.05, 4.69) is 24.1 Å². The summed E-state index contributed by atoms with van der Waals surface area (Å²) in [5.41, 5.74) is 1.55. The van der Waals surface area contributed by atoms with Crippen LogP contribution in [-0.2, 0) is 22.5 Å². The van der Waals surface area contributed by atoms with E-state index in [0.717, 1.165) is 40.6 Å². The summed E-state index contributed by atoms with van der Waals surface area (Å²) in [6, 6.07) is 8.01. The van der Waals surface area contributed by atoms with Gasteiger partial charge in [-0.15, -0.1) is 23.1 Å². The molecule has 1 aromatic heterocycles. The molecule has 8 heteroatoms. The molecule has 6 nitrogen and oxygen atoms in total. The fourth-order valence-electron chi connectivity index (χ4n) is 3.35. The maximum Gasteiger partial charge on any atom is 0.341 e. The number of carbonyl (C=O) groups excluding carboxylic acids is 2. The third-order valence-electron chi connectivity index (χ3n) is 4.98. The van der Waals surface area contributed by atoms with E-state index < -0.39 is 0 Å². The van der Waals surface area contributed by atoms with Crippen LogP contribution in [0.4, 0.5) is 5.00 Å². The molecule has 0 aliphatic carbocycles. The van der Waals surface area contributed by atoms with Gasteiger partial charge in [-0.1, -0.05) is 0 Å². The average molecular weight is 449 g/mol. The summed E-state index contributed by atoms with van der Waals surface area (Å²) >= 11 is 2.94. The maximum atomic E-state index is 12.6. The van der Waals surface area contributed by atoms with Gasteiger partial charge in [0, 0.05) is 28.9 Å². The van der Waals surface area contributed by atoms with Crippen molar-refractivity contribution in [1.29, 1.82) is 0 Å². The Morgan fingerprint density at radius 1 is 1.27 bits per heavy atom. The molecule has 0 atom stereocenters. The first-order chi connectivity index (χ1) is 14.4. The van der Waals surface area contributed by atoms with Crippen molar-refractivity contribution in [3.8, 4) is 5.75 Å². The largest absolute Gasteiger partial charge is 0.497 e. The first kappa shape index (κ1) is 22.7. The Hall–Kier alpha value is -2.03. The molecule has 0 unspecified atom stereocenters. The fraction of sp³-hybridized carbons (Fsp3) is 0.455. The van der Waals surface area contributed by atoms with Gasteiger partial charge in [-0.25, -0.2) is 4.79 Å². The highest BCUT2D eigenvalue weighted by Crippen LogP contribution is 2.38. The molecule has 162 valence electrons. The van der Waals surface area contributed by atoms with Crippen molar-refractivity contribution in [1.82, 2.24) is 4.90 Å². The van der Waals surface area contributed by atoms with Gasteiger partial charge < -0.3 is 14.8 Å². The number of nitrogens with one attached hydrogen (secondary N) is 1. The smallest absolute Gasteiger partial charge is 0.341 e. The highest BCUT2D eigenvalue weighted by molar-refractivity contribution is 8.00. The van der Waals surface area contributed by atoms with Crippen molar-refractivity contribution in [3.05, 3.63) is 40.3 Å². The molecule has 1 N–H and O–H groups in total. The first-order valence-corrected chi connectivity index (χ1v) is 11.9. The molecule has 1 aliphatic rings. The fourth-order valence-corrected chi connectivity index (χ4v) is 5.33. The van der Waals surface area contributed by atoms with Crippen LogP contribution in [-0.4, -0.2) is 48.8 Å². The molecule has 0 saturated heterocycles. The molecule has 0 fully saturated rings. The summed E-state index contributed by atoms with van der Waals surface area (Å²) in [7, 11) is 1.62. The molecule has 0 bridgehead atoms. The number of fused-ring (bicyclic) bond motifs is 1. The first-order valence-electron chi connectivity index (χ1n) is 10.0. The van der Waals surface area contributed by atoms with Crippen molar-refractivity contribution in [2.24, 2.45) is 0 Å². The van der Waals surface area contributed by atoms with Gasteiger partial charge in [0.05, 0.1) is 25.0 Å². The van der Waals surface area contributed by atoms with Gasteiger partial charge in [-0.2, -0.15) is 0 Å². The molecule has 3 rings (SSSR count). The van der Waals surface area contributed by atoms with E-state index in [4.69, 9.17) is 9.47 Å². The van der Waals surface area contributed by atoms with Gasteiger partial charge in [0.15, 0.2) is 0 Å². The third-order valence-corrected chi connectivity index (χ3v) is 7.12. The van der Waals surface area contributed by atoms with Crippen LogP contribution in [0.2, 0.25) is 0 Å². The Labute approximate surface area is 185 Å². The number of benzene rings is 1. The number of rotatable bonds is 8. The number of ether oxygens (including phenoxy) is 2. The van der Waals surface area contributed by atoms with E-state index in [1.807, 2.05) is 24.3 Å². The monoisotopic (exact) mass is 448 g/mol. The zero-order chi connectivity index (χ0) is 21.7. The average Bonchev–Trinajstić information content (AvgIpc) is 3.09. The minimum absolute atomic E-state index is 0.138. The summed E-state index contributed by atoms with van der Waals surface area (Å²) in [6.45, 7) is 8.13. The lowest BCUT2D eigenvalue weighted by molar-refractivity contribution is -0.113. The Morgan fingerprint density at radius 2 is 2.00 bits per heavy atom. The topological polar surface area (TPSA) is 67.9 Å². The summed E-state index contributed by atoms with van der Waals surface area (Å²) in [4.78, 5) is 29.7. The minimum Gasteiger partial charge on any atom is -0.497 e. The molecular weight excluding hydrogens is 420 g/mol. The predicted octanol–water partition coefficient (Wildman–Crippen LogP) is 4.43. The van der Waals surface area contributed by atoms with Crippen LogP contribution in [0.1, 0.15) is 41.6 Å². The predicted molar refractivity (Wildman–Crippen MR) is 122 cm³/mol. The van der Waals surface area contributed by atoms with Crippen molar-refractivity contribution < 1.29 is 19.1 Å². The zero-order valence-electron chi connectivity index (χ0n) is 17.8. The summed E-state index contributed by atoms with van der Waals surface area (Å²) < 4.78 is 10.4. The lowest BCUT2D eigenvalue weighted by atomic mass is 10.0. The van der Waals surface area contributed by atoms with E-state index in [9.17, 15) is 9.59 Å². The summed E-state index contributed by atoms with van der Waals surface area (Å²) in [6.07, 6.45) is 0.786. The van der Waals surface area contributed by atoms with Crippen LogP contribution in [0.15, 0.2) is 29.2 Å². The maximum absolute atomic E-state index is 12.6. The highest BCUT2D eigenvalue weighted by atomic mass is 32.2. The lowest BCUT2D eigenvalue weighted by Crippen LogP contribution is -2.35. The number of thiophene rings is 1. The molecule has 1 aliphatic heterocycles. The summed E-state index contributed by atoms with van der Waals surface area (Å²) in [5.74, 6) is 0.546. The number of methoxy groups -OCH3 is 1. The molecule has 2 heterocycles. The van der Waals surface area contributed by atoms with Crippen LogP contribution in [0.3, 0.4) is 0 Å².